The van der Waals surface area contributed by atoms with E-state index in [4.69, 9.17) is 0 Å². The Morgan fingerprint density at radius 2 is 1.84 bits per heavy atom. The second-order valence-corrected chi connectivity index (χ2v) is 6.19. The normalized spacial score (nSPS) is 23.9. The van der Waals surface area contributed by atoms with Crippen LogP contribution in [0.2, 0.25) is 0 Å². The zero-order chi connectivity index (χ0) is 14.5. The highest BCUT2D eigenvalue weighted by Crippen LogP contribution is 2.49. The van der Waals surface area contributed by atoms with Gasteiger partial charge in [0, 0.05) is 12.8 Å². The molecule has 110 valence electrons. The first-order valence-corrected chi connectivity index (χ1v) is 7.52. The van der Waals surface area contributed by atoms with Crippen molar-refractivity contribution in [2.45, 2.75) is 71.6 Å². The summed E-state index contributed by atoms with van der Waals surface area (Å²) in [5.41, 5.74) is 1.34. The first kappa shape index (κ1) is 16.4. The molecule has 0 aromatic heterocycles. The molecule has 0 spiro atoms. The molecule has 1 saturated carbocycles. The molecular formula is C17H28F2. The molecule has 0 heterocycles. The molecule has 0 aromatic rings. The Labute approximate surface area is 117 Å². The maximum Gasteiger partial charge on any atom is 0.248 e. The molecule has 0 aromatic carbocycles. The van der Waals surface area contributed by atoms with Crippen molar-refractivity contribution in [3.05, 3.63) is 24.3 Å². The van der Waals surface area contributed by atoms with Crippen molar-refractivity contribution in [3.63, 3.8) is 0 Å². The summed E-state index contributed by atoms with van der Waals surface area (Å²) >= 11 is 0. The highest BCUT2D eigenvalue weighted by atomic mass is 19.3. The summed E-state index contributed by atoms with van der Waals surface area (Å²) in [6.45, 7) is 10.4. The average Bonchev–Trinajstić information content (AvgIpc) is 2.37. The van der Waals surface area contributed by atoms with E-state index in [0.717, 1.165) is 19.3 Å². The van der Waals surface area contributed by atoms with Crippen molar-refractivity contribution in [1.82, 2.24) is 0 Å². The Bertz CT molecular complexity index is 318. The minimum atomic E-state index is -2.45. The standard InChI is InChI=1S/C17H28F2/c1-5-7-14(3)8-9-15(4)16(6-2)10-12-17(18,19)13-11-16/h6-7,15H,2,5,8-13H2,1,3-4H3/b14-7-. The van der Waals surface area contributed by atoms with E-state index in [1.807, 2.05) is 6.08 Å². The number of halogens is 2. The van der Waals surface area contributed by atoms with Gasteiger partial charge in [-0.05, 0) is 50.4 Å². The molecular weight excluding hydrogens is 242 g/mol. The summed E-state index contributed by atoms with van der Waals surface area (Å²) in [6.07, 6.45) is 8.62. The van der Waals surface area contributed by atoms with Crippen LogP contribution in [-0.2, 0) is 0 Å². The zero-order valence-corrected chi connectivity index (χ0v) is 12.6. The van der Waals surface area contributed by atoms with Crippen molar-refractivity contribution in [2.24, 2.45) is 11.3 Å². The van der Waals surface area contributed by atoms with Gasteiger partial charge in [-0.15, -0.1) is 6.58 Å². The minimum absolute atomic E-state index is 0.0210. The largest absolute Gasteiger partial charge is 0.248 e. The molecule has 2 heteroatoms. The molecule has 0 amide bonds. The third kappa shape index (κ3) is 4.43. The van der Waals surface area contributed by atoms with Crippen LogP contribution in [0.5, 0.6) is 0 Å². The summed E-state index contributed by atoms with van der Waals surface area (Å²) in [7, 11) is 0. The molecule has 0 aliphatic heterocycles. The molecule has 19 heavy (non-hydrogen) atoms. The van der Waals surface area contributed by atoms with Gasteiger partial charge in [-0.1, -0.05) is 31.6 Å². The van der Waals surface area contributed by atoms with E-state index < -0.39 is 5.92 Å². The second-order valence-electron chi connectivity index (χ2n) is 6.19. The van der Waals surface area contributed by atoms with Crippen molar-refractivity contribution in [1.29, 1.82) is 0 Å². The number of alkyl halides is 2. The second kappa shape index (κ2) is 6.67. The molecule has 0 saturated heterocycles. The molecule has 0 bridgehead atoms. The quantitative estimate of drug-likeness (QED) is 0.508. The first-order valence-electron chi connectivity index (χ1n) is 7.52. The molecule has 0 radical (unpaired) electrons. The fourth-order valence-corrected chi connectivity index (χ4v) is 3.16. The Kier molecular flexibility index (Phi) is 5.76. The number of hydrogen-bond donors (Lipinski definition) is 0. The lowest BCUT2D eigenvalue weighted by molar-refractivity contribution is -0.0675. The molecule has 0 nitrogen and oxygen atoms in total. The Balaban J connectivity index is 2.60. The van der Waals surface area contributed by atoms with Crippen LogP contribution in [0, 0.1) is 11.3 Å². The predicted octanol–water partition coefficient (Wildman–Crippen LogP) is 6.14. The lowest BCUT2D eigenvalue weighted by atomic mass is 9.64. The van der Waals surface area contributed by atoms with E-state index in [0.29, 0.717) is 18.8 Å². The molecule has 0 N–H and O–H groups in total. The van der Waals surface area contributed by atoms with Gasteiger partial charge in [0.1, 0.15) is 0 Å². The maximum atomic E-state index is 13.3. The van der Waals surface area contributed by atoms with E-state index in [1.54, 1.807) is 0 Å². The maximum absolute atomic E-state index is 13.3. The van der Waals surface area contributed by atoms with E-state index in [9.17, 15) is 8.78 Å². The summed E-state index contributed by atoms with van der Waals surface area (Å²) in [5, 5.41) is 0. The fraction of sp³-hybridized carbons (Fsp3) is 0.765. The van der Waals surface area contributed by atoms with Gasteiger partial charge >= 0.3 is 0 Å². The van der Waals surface area contributed by atoms with Crippen molar-refractivity contribution in [3.8, 4) is 0 Å². The summed E-state index contributed by atoms with van der Waals surface area (Å²) in [4.78, 5) is 0. The molecule has 1 rings (SSSR count). The topological polar surface area (TPSA) is 0 Å². The first-order chi connectivity index (χ1) is 8.85. The summed E-state index contributed by atoms with van der Waals surface area (Å²) in [5.74, 6) is -2.02. The molecule has 1 fully saturated rings. The van der Waals surface area contributed by atoms with Gasteiger partial charge < -0.3 is 0 Å². The van der Waals surface area contributed by atoms with Crippen LogP contribution in [0.4, 0.5) is 8.78 Å². The van der Waals surface area contributed by atoms with Crippen molar-refractivity contribution >= 4 is 0 Å². The van der Waals surface area contributed by atoms with Crippen LogP contribution in [0.1, 0.15) is 65.7 Å². The monoisotopic (exact) mass is 270 g/mol. The number of allylic oxidation sites excluding steroid dienone is 3. The van der Waals surface area contributed by atoms with Crippen LogP contribution < -0.4 is 0 Å². The lowest BCUT2D eigenvalue weighted by Gasteiger charge is -2.42. The van der Waals surface area contributed by atoms with E-state index in [1.165, 1.54) is 5.57 Å². The number of rotatable bonds is 6. The fourth-order valence-electron chi connectivity index (χ4n) is 3.16. The smallest absolute Gasteiger partial charge is 0.207 e. The van der Waals surface area contributed by atoms with Gasteiger partial charge in [-0.3, -0.25) is 0 Å². The summed E-state index contributed by atoms with van der Waals surface area (Å²) in [6, 6.07) is 0. The SMILES string of the molecule is C=CC1(C(C)CC/C(C)=C\CC)CCC(F)(F)CC1. The highest BCUT2D eigenvalue weighted by molar-refractivity contribution is 5.04. The Morgan fingerprint density at radius 3 is 2.32 bits per heavy atom. The zero-order valence-electron chi connectivity index (χ0n) is 12.6. The third-order valence-corrected chi connectivity index (χ3v) is 4.82. The Hall–Kier alpha value is -0.660. The molecule has 1 aliphatic rings. The molecule has 1 atom stereocenters. The van der Waals surface area contributed by atoms with E-state index in [2.05, 4.69) is 33.4 Å². The van der Waals surface area contributed by atoms with Crippen LogP contribution in [-0.4, -0.2) is 5.92 Å². The van der Waals surface area contributed by atoms with Crippen LogP contribution in [0.25, 0.3) is 0 Å². The lowest BCUT2D eigenvalue weighted by Crippen LogP contribution is -2.36. The van der Waals surface area contributed by atoms with Gasteiger partial charge in [-0.25, -0.2) is 8.78 Å². The Morgan fingerprint density at radius 1 is 1.26 bits per heavy atom. The highest BCUT2D eigenvalue weighted by Gasteiger charge is 2.44. The van der Waals surface area contributed by atoms with E-state index in [-0.39, 0.29) is 18.3 Å². The van der Waals surface area contributed by atoms with Crippen LogP contribution in [0.3, 0.4) is 0 Å². The van der Waals surface area contributed by atoms with Gasteiger partial charge in [-0.2, -0.15) is 0 Å². The van der Waals surface area contributed by atoms with Crippen LogP contribution in [0.15, 0.2) is 24.3 Å². The van der Waals surface area contributed by atoms with E-state index >= 15 is 0 Å². The van der Waals surface area contributed by atoms with Crippen molar-refractivity contribution in [2.75, 3.05) is 0 Å². The number of hydrogen-bond acceptors (Lipinski definition) is 0. The van der Waals surface area contributed by atoms with Gasteiger partial charge in [0.25, 0.3) is 0 Å². The molecule has 1 aliphatic carbocycles. The molecule has 1 unspecified atom stereocenters. The van der Waals surface area contributed by atoms with Gasteiger partial charge in [0.05, 0.1) is 0 Å². The minimum Gasteiger partial charge on any atom is -0.207 e. The van der Waals surface area contributed by atoms with Gasteiger partial charge in [0.2, 0.25) is 5.92 Å². The predicted molar refractivity (Wildman–Crippen MR) is 78.5 cm³/mol. The van der Waals surface area contributed by atoms with Crippen LogP contribution >= 0.6 is 0 Å². The van der Waals surface area contributed by atoms with Gasteiger partial charge in [0.15, 0.2) is 0 Å². The summed E-state index contributed by atoms with van der Waals surface area (Å²) < 4.78 is 26.6. The third-order valence-electron chi connectivity index (χ3n) is 4.82. The average molecular weight is 270 g/mol. The van der Waals surface area contributed by atoms with Crippen molar-refractivity contribution < 1.29 is 8.78 Å².